The van der Waals surface area contributed by atoms with E-state index in [9.17, 15) is 5.11 Å². The SMILES string of the molecule is C=C(C)CSc1nnc(-c2ccccc2O)n1-c1ccccc1. The number of nitrogens with zero attached hydrogens (tertiary/aromatic N) is 3. The van der Waals surface area contributed by atoms with Crippen molar-refractivity contribution in [2.45, 2.75) is 12.1 Å². The second kappa shape index (κ2) is 6.71. The first kappa shape index (κ1) is 15.4. The molecule has 0 fully saturated rings. The Hall–Kier alpha value is -2.53. The van der Waals surface area contributed by atoms with Crippen molar-refractivity contribution in [1.29, 1.82) is 0 Å². The van der Waals surface area contributed by atoms with Gasteiger partial charge in [-0.15, -0.1) is 10.2 Å². The van der Waals surface area contributed by atoms with Crippen LogP contribution in [-0.4, -0.2) is 25.6 Å². The van der Waals surface area contributed by atoms with Gasteiger partial charge >= 0.3 is 0 Å². The minimum absolute atomic E-state index is 0.188. The molecule has 0 aliphatic heterocycles. The average Bonchev–Trinajstić information content (AvgIpc) is 2.98. The summed E-state index contributed by atoms with van der Waals surface area (Å²) in [7, 11) is 0. The lowest BCUT2D eigenvalue weighted by atomic mass is 10.2. The second-order valence-electron chi connectivity index (χ2n) is 5.24. The van der Waals surface area contributed by atoms with Gasteiger partial charge in [-0.25, -0.2) is 0 Å². The first-order valence-electron chi connectivity index (χ1n) is 7.23. The van der Waals surface area contributed by atoms with Crippen LogP contribution in [0.4, 0.5) is 0 Å². The molecular weight excluding hydrogens is 306 g/mol. The van der Waals surface area contributed by atoms with Crippen molar-refractivity contribution in [3.63, 3.8) is 0 Å². The fraction of sp³-hybridized carbons (Fsp3) is 0.111. The van der Waals surface area contributed by atoms with Crippen LogP contribution in [0.2, 0.25) is 0 Å². The number of phenols is 1. The smallest absolute Gasteiger partial charge is 0.196 e. The van der Waals surface area contributed by atoms with Crippen LogP contribution in [0.25, 0.3) is 17.1 Å². The lowest BCUT2D eigenvalue weighted by Crippen LogP contribution is -2.00. The van der Waals surface area contributed by atoms with Crippen LogP contribution in [-0.2, 0) is 0 Å². The van der Waals surface area contributed by atoms with E-state index in [4.69, 9.17) is 0 Å². The number of aromatic nitrogens is 3. The lowest BCUT2D eigenvalue weighted by molar-refractivity contribution is 0.476. The van der Waals surface area contributed by atoms with Gasteiger partial charge in [0.1, 0.15) is 5.75 Å². The highest BCUT2D eigenvalue weighted by atomic mass is 32.2. The molecule has 0 unspecified atom stereocenters. The van der Waals surface area contributed by atoms with Crippen molar-refractivity contribution < 1.29 is 5.11 Å². The number of phenolic OH excluding ortho intramolecular Hbond substituents is 1. The van der Waals surface area contributed by atoms with Crippen LogP contribution in [0.5, 0.6) is 5.75 Å². The van der Waals surface area contributed by atoms with E-state index in [1.54, 1.807) is 23.9 Å². The molecule has 0 atom stereocenters. The zero-order chi connectivity index (χ0) is 16.2. The third-order valence-corrected chi connectivity index (χ3v) is 4.40. The highest BCUT2D eigenvalue weighted by molar-refractivity contribution is 7.99. The normalized spacial score (nSPS) is 10.7. The van der Waals surface area contributed by atoms with E-state index in [-0.39, 0.29) is 5.75 Å². The van der Waals surface area contributed by atoms with E-state index >= 15 is 0 Å². The summed E-state index contributed by atoms with van der Waals surface area (Å²) in [6, 6.07) is 17.1. The number of benzene rings is 2. The van der Waals surface area contributed by atoms with Gasteiger partial charge in [-0.05, 0) is 31.2 Å². The number of para-hydroxylation sites is 2. The van der Waals surface area contributed by atoms with Gasteiger partial charge in [0.15, 0.2) is 11.0 Å². The standard InChI is InChI=1S/C18H17N3OS/c1-13(2)12-23-18-20-19-17(15-10-6-7-11-16(15)22)21(18)14-8-4-3-5-9-14/h3-11,22H,1,12H2,2H3. The van der Waals surface area contributed by atoms with Crippen LogP contribution in [0.1, 0.15) is 6.92 Å². The number of thioether (sulfide) groups is 1. The zero-order valence-corrected chi connectivity index (χ0v) is 13.6. The maximum absolute atomic E-state index is 10.2. The van der Waals surface area contributed by atoms with Gasteiger partial charge in [0.05, 0.1) is 5.56 Å². The minimum Gasteiger partial charge on any atom is -0.507 e. The van der Waals surface area contributed by atoms with Gasteiger partial charge < -0.3 is 5.11 Å². The molecule has 1 heterocycles. The van der Waals surface area contributed by atoms with E-state index in [2.05, 4.69) is 16.8 Å². The summed E-state index contributed by atoms with van der Waals surface area (Å²) in [5.41, 5.74) is 2.69. The Morgan fingerprint density at radius 2 is 1.78 bits per heavy atom. The summed E-state index contributed by atoms with van der Waals surface area (Å²) in [5.74, 6) is 1.58. The Balaban J connectivity index is 2.14. The zero-order valence-electron chi connectivity index (χ0n) is 12.8. The highest BCUT2D eigenvalue weighted by Gasteiger charge is 2.18. The predicted octanol–water partition coefficient (Wildman–Crippen LogP) is 4.31. The third-order valence-electron chi connectivity index (χ3n) is 3.24. The Morgan fingerprint density at radius 3 is 2.48 bits per heavy atom. The monoisotopic (exact) mass is 323 g/mol. The average molecular weight is 323 g/mol. The number of aromatic hydroxyl groups is 1. The molecule has 3 rings (SSSR count). The molecule has 2 aromatic carbocycles. The summed E-state index contributed by atoms with van der Waals surface area (Å²) in [6.07, 6.45) is 0. The Morgan fingerprint density at radius 1 is 1.09 bits per heavy atom. The van der Waals surface area contributed by atoms with Crippen LogP contribution in [0.15, 0.2) is 71.9 Å². The van der Waals surface area contributed by atoms with Gasteiger partial charge in [0.2, 0.25) is 0 Å². The van der Waals surface area contributed by atoms with Gasteiger partial charge in [-0.3, -0.25) is 4.57 Å². The van der Waals surface area contributed by atoms with Gasteiger partial charge in [0.25, 0.3) is 0 Å². The van der Waals surface area contributed by atoms with Crippen molar-refractivity contribution in [1.82, 2.24) is 14.8 Å². The van der Waals surface area contributed by atoms with Crippen LogP contribution >= 0.6 is 11.8 Å². The quantitative estimate of drug-likeness (QED) is 0.561. The summed E-state index contributed by atoms with van der Waals surface area (Å²) in [5, 5.41) is 19.5. The fourth-order valence-corrected chi connectivity index (χ4v) is 2.99. The van der Waals surface area contributed by atoms with Crippen molar-refractivity contribution >= 4 is 11.8 Å². The molecule has 116 valence electrons. The maximum atomic E-state index is 10.2. The number of hydrogen-bond donors (Lipinski definition) is 1. The van der Waals surface area contributed by atoms with E-state index < -0.39 is 0 Å². The summed E-state index contributed by atoms with van der Waals surface area (Å²) in [4.78, 5) is 0. The maximum Gasteiger partial charge on any atom is 0.196 e. The van der Waals surface area contributed by atoms with Crippen molar-refractivity contribution in [2.75, 3.05) is 5.75 Å². The largest absolute Gasteiger partial charge is 0.507 e. The summed E-state index contributed by atoms with van der Waals surface area (Å²) < 4.78 is 1.96. The highest BCUT2D eigenvalue weighted by Crippen LogP contribution is 2.32. The molecule has 4 nitrogen and oxygen atoms in total. The van der Waals surface area contributed by atoms with Crippen molar-refractivity contribution in [3.05, 3.63) is 66.7 Å². The van der Waals surface area contributed by atoms with Crippen molar-refractivity contribution in [2.24, 2.45) is 0 Å². The van der Waals surface area contributed by atoms with E-state index in [1.807, 2.05) is 54.0 Å². The molecule has 0 saturated carbocycles. The van der Waals surface area contributed by atoms with Gasteiger partial charge in [-0.1, -0.05) is 54.2 Å². The minimum atomic E-state index is 0.188. The van der Waals surface area contributed by atoms with Crippen LogP contribution < -0.4 is 0 Å². The van der Waals surface area contributed by atoms with Crippen LogP contribution in [0, 0.1) is 0 Å². The molecule has 0 amide bonds. The topological polar surface area (TPSA) is 50.9 Å². The lowest BCUT2D eigenvalue weighted by Gasteiger charge is -2.11. The molecule has 23 heavy (non-hydrogen) atoms. The predicted molar refractivity (Wildman–Crippen MR) is 94.0 cm³/mol. The fourth-order valence-electron chi connectivity index (χ4n) is 2.20. The molecule has 0 bridgehead atoms. The van der Waals surface area contributed by atoms with E-state index in [0.29, 0.717) is 11.4 Å². The molecule has 1 N–H and O–H groups in total. The molecule has 0 spiro atoms. The van der Waals surface area contributed by atoms with E-state index in [0.717, 1.165) is 22.2 Å². The third kappa shape index (κ3) is 3.29. The molecule has 1 aromatic heterocycles. The molecule has 0 aliphatic carbocycles. The first-order chi connectivity index (χ1) is 11.2. The van der Waals surface area contributed by atoms with Gasteiger partial charge in [0, 0.05) is 11.4 Å². The Labute approximate surface area is 139 Å². The Bertz CT molecular complexity index is 827. The summed E-state index contributed by atoms with van der Waals surface area (Å²) >= 11 is 1.58. The summed E-state index contributed by atoms with van der Waals surface area (Å²) in [6.45, 7) is 5.92. The van der Waals surface area contributed by atoms with Gasteiger partial charge in [-0.2, -0.15) is 0 Å². The number of rotatable bonds is 5. The molecule has 0 radical (unpaired) electrons. The molecule has 0 saturated heterocycles. The molecule has 3 aromatic rings. The van der Waals surface area contributed by atoms with Crippen molar-refractivity contribution in [3.8, 4) is 22.8 Å². The molecular formula is C18H17N3OS. The number of hydrogen-bond acceptors (Lipinski definition) is 4. The first-order valence-corrected chi connectivity index (χ1v) is 8.22. The Kier molecular flexibility index (Phi) is 4.48. The molecule has 0 aliphatic rings. The van der Waals surface area contributed by atoms with Crippen LogP contribution in [0.3, 0.4) is 0 Å². The second-order valence-corrected chi connectivity index (χ2v) is 6.18. The van der Waals surface area contributed by atoms with E-state index in [1.165, 1.54) is 0 Å². The molecule has 5 heteroatoms.